The summed E-state index contributed by atoms with van der Waals surface area (Å²) in [6, 6.07) is 0. The molecule has 3 heteroatoms. The zero-order valence-electron chi connectivity index (χ0n) is 8.13. The van der Waals surface area contributed by atoms with Gasteiger partial charge in [0.25, 0.3) is 11.8 Å². The monoisotopic (exact) mass is 179 g/mol. The van der Waals surface area contributed by atoms with Crippen LogP contribution >= 0.6 is 0 Å². The Balaban J connectivity index is 3.08. The van der Waals surface area contributed by atoms with Crippen LogP contribution in [0.3, 0.4) is 0 Å². The van der Waals surface area contributed by atoms with Crippen molar-refractivity contribution in [3.63, 3.8) is 0 Å². The highest BCUT2D eigenvalue weighted by atomic mass is 16.2. The lowest BCUT2D eigenvalue weighted by Crippen LogP contribution is -2.31. The molecule has 0 unspecified atom stereocenters. The van der Waals surface area contributed by atoms with E-state index in [1.165, 1.54) is 4.90 Å². The summed E-state index contributed by atoms with van der Waals surface area (Å²) in [6.45, 7) is 5.75. The predicted octanol–water partition coefficient (Wildman–Crippen LogP) is 1.27. The molecule has 3 nitrogen and oxygen atoms in total. The van der Waals surface area contributed by atoms with Crippen molar-refractivity contribution in [1.82, 2.24) is 4.90 Å². The summed E-state index contributed by atoms with van der Waals surface area (Å²) in [6.07, 6.45) is 3.45. The molecule has 2 amide bonds. The van der Waals surface area contributed by atoms with Gasteiger partial charge in [-0.2, -0.15) is 0 Å². The van der Waals surface area contributed by atoms with Crippen molar-refractivity contribution in [3.05, 3.63) is 23.3 Å². The number of likely N-dealkylation sites (N-methyl/N-ethyl adjacent to an activating group) is 1. The van der Waals surface area contributed by atoms with Gasteiger partial charge in [0.05, 0.1) is 0 Å². The predicted molar refractivity (Wildman–Crippen MR) is 49.9 cm³/mol. The molecule has 0 radical (unpaired) electrons. The quantitative estimate of drug-likeness (QED) is 0.598. The summed E-state index contributed by atoms with van der Waals surface area (Å²) in [7, 11) is 0. The molecule has 13 heavy (non-hydrogen) atoms. The molecule has 1 heterocycles. The Kier molecular flexibility index (Phi) is 2.66. The van der Waals surface area contributed by atoms with Crippen molar-refractivity contribution < 1.29 is 9.59 Å². The van der Waals surface area contributed by atoms with E-state index in [4.69, 9.17) is 0 Å². The second-order valence-electron chi connectivity index (χ2n) is 2.89. The van der Waals surface area contributed by atoms with Crippen LogP contribution in [0.5, 0.6) is 0 Å². The number of nitrogens with zero attached hydrogens (tertiary/aromatic N) is 1. The fraction of sp³-hybridized carbons (Fsp3) is 0.400. The van der Waals surface area contributed by atoms with Crippen LogP contribution < -0.4 is 0 Å². The van der Waals surface area contributed by atoms with Crippen molar-refractivity contribution in [2.24, 2.45) is 0 Å². The number of hydrogen-bond donors (Lipinski definition) is 0. The summed E-state index contributed by atoms with van der Waals surface area (Å²) in [5.41, 5.74) is 1.07. The maximum atomic E-state index is 11.5. The third kappa shape index (κ3) is 1.41. The third-order valence-corrected chi connectivity index (χ3v) is 2.10. The number of imide groups is 1. The van der Waals surface area contributed by atoms with Gasteiger partial charge in [0.15, 0.2) is 0 Å². The number of allylic oxidation sites excluding steroid dienone is 1. The number of amides is 2. The number of rotatable bonds is 2. The summed E-state index contributed by atoms with van der Waals surface area (Å²) >= 11 is 0. The minimum absolute atomic E-state index is 0.166. The lowest BCUT2D eigenvalue weighted by atomic mass is 10.1. The molecule has 1 rings (SSSR count). The van der Waals surface area contributed by atoms with Gasteiger partial charge in [0, 0.05) is 17.7 Å². The van der Waals surface area contributed by atoms with Crippen LogP contribution in [0, 0.1) is 0 Å². The molecule has 0 aromatic rings. The fourth-order valence-electron chi connectivity index (χ4n) is 1.37. The van der Waals surface area contributed by atoms with E-state index < -0.39 is 0 Å². The first-order valence-electron chi connectivity index (χ1n) is 4.33. The van der Waals surface area contributed by atoms with Crippen molar-refractivity contribution in [3.8, 4) is 0 Å². The molecule has 0 bridgehead atoms. The lowest BCUT2D eigenvalue weighted by Gasteiger charge is -2.10. The van der Waals surface area contributed by atoms with Gasteiger partial charge in [0.2, 0.25) is 0 Å². The number of hydrogen-bond acceptors (Lipinski definition) is 2. The van der Waals surface area contributed by atoms with Crippen LogP contribution in [-0.2, 0) is 9.59 Å². The molecule has 0 spiro atoms. The summed E-state index contributed by atoms with van der Waals surface area (Å²) < 4.78 is 0. The molecule has 70 valence electrons. The van der Waals surface area contributed by atoms with Crippen LogP contribution in [0.25, 0.3) is 0 Å². The molecular weight excluding hydrogens is 166 g/mol. The fourth-order valence-corrected chi connectivity index (χ4v) is 1.37. The largest absolute Gasteiger partial charge is 0.275 e. The smallest absolute Gasteiger partial charge is 0.261 e. The Morgan fingerprint density at radius 3 is 2.31 bits per heavy atom. The molecule has 0 aromatic heterocycles. The number of carbonyl (C=O) groups excluding carboxylic acids is 2. The molecule has 1 aliphatic rings. The van der Waals surface area contributed by atoms with Crippen molar-refractivity contribution in [2.75, 3.05) is 6.54 Å². The molecule has 0 N–H and O–H groups in total. The molecule has 0 saturated heterocycles. The topological polar surface area (TPSA) is 37.4 Å². The minimum atomic E-state index is -0.178. The Labute approximate surface area is 77.7 Å². The van der Waals surface area contributed by atoms with Crippen molar-refractivity contribution >= 4 is 11.8 Å². The van der Waals surface area contributed by atoms with E-state index in [2.05, 4.69) is 0 Å². The van der Waals surface area contributed by atoms with Crippen LogP contribution in [0.15, 0.2) is 23.3 Å². The molecule has 0 aliphatic carbocycles. The minimum Gasteiger partial charge on any atom is -0.275 e. The van der Waals surface area contributed by atoms with E-state index in [9.17, 15) is 9.59 Å². The molecule has 1 aliphatic heterocycles. The van der Waals surface area contributed by atoms with Gasteiger partial charge in [-0.3, -0.25) is 14.5 Å². The van der Waals surface area contributed by atoms with E-state index >= 15 is 0 Å². The van der Waals surface area contributed by atoms with Gasteiger partial charge in [-0.15, -0.1) is 0 Å². The van der Waals surface area contributed by atoms with Crippen LogP contribution in [0.4, 0.5) is 0 Å². The Hall–Kier alpha value is -1.38. The number of carbonyl (C=O) groups is 2. The standard InChI is InChI=1S/C10H13NO2/c1-4-6-8-7(3)9(12)11(5-2)10(8)13/h4,6H,5H2,1-3H3/b6-4-. The van der Waals surface area contributed by atoms with Gasteiger partial charge < -0.3 is 0 Å². The van der Waals surface area contributed by atoms with E-state index in [0.29, 0.717) is 17.7 Å². The maximum absolute atomic E-state index is 11.5. The zero-order chi connectivity index (χ0) is 10.0. The Bertz CT molecular complexity index is 313. The van der Waals surface area contributed by atoms with Gasteiger partial charge in [0.1, 0.15) is 0 Å². The van der Waals surface area contributed by atoms with E-state index in [1.807, 2.05) is 6.92 Å². The van der Waals surface area contributed by atoms with Crippen LogP contribution in [0.2, 0.25) is 0 Å². The molecule has 0 fully saturated rings. The van der Waals surface area contributed by atoms with Crippen LogP contribution in [-0.4, -0.2) is 23.3 Å². The summed E-state index contributed by atoms with van der Waals surface area (Å²) in [5, 5.41) is 0. The lowest BCUT2D eigenvalue weighted by molar-refractivity contribution is -0.137. The molecule has 0 atom stereocenters. The Morgan fingerprint density at radius 2 is 1.92 bits per heavy atom. The first-order chi connectivity index (χ1) is 6.13. The van der Waals surface area contributed by atoms with Gasteiger partial charge >= 0.3 is 0 Å². The average Bonchev–Trinajstić information content (AvgIpc) is 2.31. The molecule has 0 aromatic carbocycles. The third-order valence-electron chi connectivity index (χ3n) is 2.10. The van der Waals surface area contributed by atoms with Crippen molar-refractivity contribution in [2.45, 2.75) is 20.8 Å². The molecule has 0 saturated carbocycles. The normalized spacial score (nSPS) is 18.2. The highest BCUT2D eigenvalue weighted by Gasteiger charge is 2.32. The Morgan fingerprint density at radius 1 is 1.31 bits per heavy atom. The molecular formula is C10H13NO2. The van der Waals surface area contributed by atoms with Crippen molar-refractivity contribution in [1.29, 1.82) is 0 Å². The SMILES string of the molecule is C/C=C\C1=C(C)C(=O)N(CC)C1=O. The van der Waals surface area contributed by atoms with Gasteiger partial charge in [-0.1, -0.05) is 12.2 Å². The zero-order valence-corrected chi connectivity index (χ0v) is 8.13. The maximum Gasteiger partial charge on any atom is 0.261 e. The van der Waals surface area contributed by atoms with Gasteiger partial charge in [-0.25, -0.2) is 0 Å². The second kappa shape index (κ2) is 3.56. The highest BCUT2D eigenvalue weighted by Crippen LogP contribution is 2.20. The first kappa shape index (κ1) is 9.71. The average molecular weight is 179 g/mol. The summed E-state index contributed by atoms with van der Waals surface area (Å²) in [5.74, 6) is -0.344. The highest BCUT2D eigenvalue weighted by molar-refractivity contribution is 6.20. The van der Waals surface area contributed by atoms with E-state index in [1.54, 1.807) is 26.0 Å². The van der Waals surface area contributed by atoms with E-state index in [-0.39, 0.29) is 11.8 Å². The second-order valence-corrected chi connectivity index (χ2v) is 2.89. The summed E-state index contributed by atoms with van der Waals surface area (Å²) in [4.78, 5) is 24.2. The van der Waals surface area contributed by atoms with Crippen LogP contribution in [0.1, 0.15) is 20.8 Å². The first-order valence-corrected chi connectivity index (χ1v) is 4.33. The van der Waals surface area contributed by atoms with Gasteiger partial charge in [-0.05, 0) is 20.8 Å². The van der Waals surface area contributed by atoms with E-state index in [0.717, 1.165) is 0 Å².